The van der Waals surface area contributed by atoms with Crippen LogP contribution in [0.5, 0.6) is 0 Å². The first-order valence-electron chi connectivity index (χ1n) is 2.69. The Balaban J connectivity index is 3.07. The van der Waals surface area contributed by atoms with Crippen LogP contribution in [-0.2, 0) is 0 Å². The highest BCUT2D eigenvalue weighted by Crippen LogP contribution is 2.26. The Kier molecular flexibility index (Phi) is 6.20. The van der Waals surface area contributed by atoms with E-state index in [1.54, 1.807) is 0 Å². The predicted octanol–water partition coefficient (Wildman–Crippen LogP) is 2.43. The van der Waals surface area contributed by atoms with Crippen LogP contribution in [0.3, 0.4) is 0 Å². The Morgan fingerprint density at radius 2 is 1.78 bits per heavy atom. The summed E-state index contributed by atoms with van der Waals surface area (Å²) in [6.07, 6.45) is 0. The first-order valence-corrected chi connectivity index (χ1v) is 10.5. The van der Waals surface area contributed by atoms with Gasteiger partial charge in [-0.3, -0.25) is 0 Å². The summed E-state index contributed by atoms with van der Waals surface area (Å²) in [7, 11) is -0.111. The molecule has 0 saturated carbocycles. The molecule has 0 aromatic rings. The fourth-order valence-corrected chi connectivity index (χ4v) is 7.39. The zero-order valence-corrected chi connectivity index (χ0v) is 10.3. The molecule has 0 unspecified atom stereocenters. The number of hydrogen-bond acceptors (Lipinski definition) is 0. The van der Waals surface area contributed by atoms with Crippen molar-refractivity contribution in [2.45, 2.75) is 12.1 Å². The lowest BCUT2D eigenvalue weighted by molar-refractivity contribution is 1.41. The van der Waals surface area contributed by atoms with E-state index in [0.29, 0.717) is 0 Å². The lowest BCUT2D eigenvalue weighted by atomic mass is 11.0. The molecule has 0 aliphatic carbocycles. The second-order valence-corrected chi connectivity index (χ2v) is 14.0. The van der Waals surface area contributed by atoms with Gasteiger partial charge in [-0.2, -0.15) is 0 Å². The second kappa shape index (κ2) is 5.27. The minimum Gasteiger partial charge on any atom is -0.131 e. The van der Waals surface area contributed by atoms with Crippen molar-refractivity contribution in [3.05, 3.63) is 0 Å². The molecular weight excluding hydrogens is 234 g/mol. The molecular formula is C3H8Cl4Si2. The second-order valence-electron chi connectivity index (χ2n) is 1.76. The molecule has 56 valence electrons. The van der Waals surface area contributed by atoms with Gasteiger partial charge in [-0.1, -0.05) is 6.04 Å². The summed E-state index contributed by atoms with van der Waals surface area (Å²) >= 11 is 22.3. The van der Waals surface area contributed by atoms with Crippen molar-refractivity contribution in [1.29, 1.82) is 0 Å². The van der Waals surface area contributed by atoms with E-state index >= 15 is 0 Å². The smallest absolute Gasteiger partial charge is 0.131 e. The highest BCUT2D eigenvalue weighted by Gasteiger charge is 2.23. The molecule has 9 heavy (non-hydrogen) atoms. The van der Waals surface area contributed by atoms with Gasteiger partial charge in [0.05, 0.1) is 0 Å². The van der Waals surface area contributed by atoms with E-state index in [4.69, 9.17) is 44.8 Å². The van der Waals surface area contributed by atoms with Gasteiger partial charge < -0.3 is 0 Å². The van der Waals surface area contributed by atoms with Gasteiger partial charge in [0.1, 0.15) is 0 Å². The molecule has 0 atom stereocenters. The van der Waals surface area contributed by atoms with Crippen molar-refractivity contribution in [2.75, 3.05) is 5.50 Å². The van der Waals surface area contributed by atoms with Crippen molar-refractivity contribution in [3.63, 3.8) is 0 Å². The molecule has 6 heteroatoms. The van der Waals surface area contributed by atoms with Gasteiger partial charge in [-0.15, -0.1) is 44.8 Å². The third-order valence-electron chi connectivity index (χ3n) is 0.844. The Bertz CT molecular complexity index is 70.7. The van der Waals surface area contributed by atoms with E-state index in [0.717, 1.165) is 17.6 Å². The SMILES string of the molecule is ClC[SiH2]CC[Si](Cl)(Cl)Cl. The molecule has 0 rings (SSSR count). The number of hydrogen-bond donors (Lipinski definition) is 0. The van der Waals surface area contributed by atoms with Crippen LogP contribution in [0.2, 0.25) is 12.1 Å². The third-order valence-corrected chi connectivity index (χ3v) is 6.09. The summed E-state index contributed by atoms with van der Waals surface area (Å²) in [6.45, 7) is 0. The van der Waals surface area contributed by atoms with Gasteiger partial charge in [0, 0.05) is 15.0 Å². The quantitative estimate of drug-likeness (QED) is 0.307. The first kappa shape index (κ1) is 10.6. The maximum atomic E-state index is 5.62. The van der Waals surface area contributed by atoms with Crippen molar-refractivity contribution < 1.29 is 0 Å². The molecule has 0 aliphatic heterocycles. The number of halogens is 4. The van der Waals surface area contributed by atoms with Crippen LogP contribution in [0.25, 0.3) is 0 Å². The molecule has 0 heterocycles. The van der Waals surface area contributed by atoms with Gasteiger partial charge in [0.2, 0.25) is 0 Å². The van der Waals surface area contributed by atoms with Gasteiger partial charge in [0.25, 0.3) is 0 Å². The van der Waals surface area contributed by atoms with Crippen LogP contribution in [-0.4, -0.2) is 21.0 Å². The highest BCUT2D eigenvalue weighted by molar-refractivity contribution is 7.64. The lowest BCUT2D eigenvalue weighted by Crippen LogP contribution is -2.09. The molecule has 0 spiro atoms. The Morgan fingerprint density at radius 1 is 1.22 bits per heavy atom. The zero-order valence-electron chi connectivity index (χ0n) is 4.84. The van der Waals surface area contributed by atoms with Crippen molar-refractivity contribution >= 4 is 60.4 Å². The molecule has 0 bridgehead atoms. The van der Waals surface area contributed by atoms with Crippen LogP contribution in [0.1, 0.15) is 0 Å². The van der Waals surface area contributed by atoms with E-state index in [2.05, 4.69) is 0 Å². The van der Waals surface area contributed by atoms with Gasteiger partial charge >= 0.3 is 6.00 Å². The lowest BCUT2D eigenvalue weighted by Gasteiger charge is -2.04. The van der Waals surface area contributed by atoms with Crippen molar-refractivity contribution in [2.24, 2.45) is 0 Å². The van der Waals surface area contributed by atoms with E-state index in [1.807, 2.05) is 0 Å². The van der Waals surface area contributed by atoms with E-state index in [1.165, 1.54) is 0 Å². The molecule has 0 nitrogen and oxygen atoms in total. The normalized spacial score (nSPS) is 13.3. The van der Waals surface area contributed by atoms with Gasteiger partial charge in [0.15, 0.2) is 0 Å². The molecule has 0 N–H and O–H groups in total. The van der Waals surface area contributed by atoms with Crippen LogP contribution >= 0.6 is 44.8 Å². The fraction of sp³-hybridized carbons (Fsp3) is 1.00. The van der Waals surface area contributed by atoms with E-state index in [9.17, 15) is 0 Å². The summed E-state index contributed by atoms with van der Waals surface area (Å²) in [5, 5.41) is 0. The van der Waals surface area contributed by atoms with Crippen LogP contribution in [0.4, 0.5) is 0 Å². The van der Waals surface area contributed by atoms with Gasteiger partial charge in [-0.25, -0.2) is 0 Å². The predicted molar refractivity (Wildman–Crippen MR) is 52.2 cm³/mol. The van der Waals surface area contributed by atoms with Crippen LogP contribution < -0.4 is 0 Å². The van der Waals surface area contributed by atoms with E-state index in [-0.39, 0.29) is 9.52 Å². The topological polar surface area (TPSA) is 0 Å². The average Bonchev–Trinajstić information content (AvgIpc) is 1.63. The summed E-state index contributed by atoms with van der Waals surface area (Å²) in [6, 6.07) is -0.438. The monoisotopic (exact) mass is 240 g/mol. The maximum absolute atomic E-state index is 5.62. The molecule has 0 aromatic carbocycles. The Labute approximate surface area is 77.8 Å². The van der Waals surface area contributed by atoms with Crippen LogP contribution in [0.15, 0.2) is 0 Å². The Morgan fingerprint density at radius 3 is 2.11 bits per heavy atom. The van der Waals surface area contributed by atoms with Crippen molar-refractivity contribution in [3.8, 4) is 0 Å². The van der Waals surface area contributed by atoms with Crippen LogP contribution in [0, 0.1) is 0 Å². The van der Waals surface area contributed by atoms with Crippen molar-refractivity contribution in [1.82, 2.24) is 0 Å². The minimum absolute atomic E-state index is 0.111. The molecule has 0 fully saturated rings. The number of rotatable bonds is 4. The molecule has 0 radical (unpaired) electrons. The molecule has 0 aliphatic rings. The third kappa shape index (κ3) is 9.59. The maximum Gasteiger partial charge on any atom is 0.341 e. The minimum atomic E-state index is -2.30. The summed E-state index contributed by atoms with van der Waals surface area (Å²) in [5.74, 6) is 0. The van der Waals surface area contributed by atoms with Gasteiger partial charge in [-0.05, 0) is 6.04 Å². The van der Waals surface area contributed by atoms with E-state index < -0.39 is 6.00 Å². The summed E-state index contributed by atoms with van der Waals surface area (Å²) < 4.78 is 0. The fourth-order valence-electron chi connectivity index (χ4n) is 0.420. The number of alkyl halides is 1. The average molecular weight is 242 g/mol. The Hall–Kier alpha value is 1.59. The zero-order chi connectivity index (χ0) is 7.33. The largest absolute Gasteiger partial charge is 0.341 e. The highest BCUT2D eigenvalue weighted by atomic mass is 35.8. The standard InChI is InChI=1S/C3H8Cl4Si2/c4-3-8-1-2-9(5,6)7/h1-3,8H2. The molecule has 0 amide bonds. The molecule has 0 saturated heterocycles. The molecule has 0 aromatic heterocycles. The first-order chi connectivity index (χ1) is 4.06. The summed E-state index contributed by atoms with van der Waals surface area (Å²) in [4.78, 5) is 0. The summed E-state index contributed by atoms with van der Waals surface area (Å²) in [5.41, 5.74) is 0.801.